The number of imidazole rings is 1. The number of rotatable bonds is 3. The van der Waals surface area contributed by atoms with Crippen molar-refractivity contribution < 1.29 is 14.2 Å². The Balaban J connectivity index is 1.93. The quantitative estimate of drug-likeness (QED) is 0.855. The Hall–Kier alpha value is -2.70. The number of aromatic nitrogens is 2. The monoisotopic (exact) mass is 274 g/mol. The minimum atomic E-state index is 0.194. The van der Waals surface area contributed by atoms with Gasteiger partial charge in [-0.15, -0.1) is 0 Å². The zero-order chi connectivity index (χ0) is 14.1. The van der Waals surface area contributed by atoms with Crippen LogP contribution < -0.4 is 19.9 Å². The maximum atomic E-state index is 5.72. The highest BCUT2D eigenvalue weighted by molar-refractivity contribution is 5.82. The largest absolute Gasteiger partial charge is 0.493 e. The zero-order valence-corrected chi connectivity index (χ0v) is 11.2. The molecule has 0 aliphatic carbocycles. The number of aryl methyl sites for hydroxylation is 1. The molecule has 0 amide bonds. The average Bonchev–Trinajstić information content (AvgIpc) is 3.01. The Bertz CT molecular complexity index is 678. The molecule has 20 heavy (non-hydrogen) atoms. The van der Waals surface area contributed by atoms with Crippen LogP contribution in [0.15, 0.2) is 23.4 Å². The molecule has 3 rings (SSSR count). The van der Waals surface area contributed by atoms with Crippen LogP contribution in [0.2, 0.25) is 0 Å². The summed E-state index contributed by atoms with van der Waals surface area (Å²) in [4.78, 5) is 4.07. The van der Waals surface area contributed by atoms with Gasteiger partial charge in [0, 0.05) is 5.56 Å². The van der Waals surface area contributed by atoms with E-state index in [0.717, 1.165) is 11.3 Å². The molecule has 1 aliphatic heterocycles. The molecular formula is C13H14N4O3. The Morgan fingerprint density at radius 3 is 3.00 bits per heavy atom. The number of nitrogens with zero attached hydrogens (tertiary/aromatic N) is 3. The third-order valence-corrected chi connectivity index (χ3v) is 2.85. The van der Waals surface area contributed by atoms with Gasteiger partial charge in [-0.1, -0.05) is 0 Å². The third kappa shape index (κ3) is 2.13. The fraction of sp³-hybridized carbons (Fsp3) is 0.231. The lowest BCUT2D eigenvalue weighted by molar-refractivity contribution is 0.171. The number of nitrogens with two attached hydrogens (primary N) is 1. The van der Waals surface area contributed by atoms with Crippen LogP contribution in [0.25, 0.3) is 0 Å². The fourth-order valence-electron chi connectivity index (χ4n) is 1.95. The van der Waals surface area contributed by atoms with Gasteiger partial charge in [0.25, 0.3) is 0 Å². The van der Waals surface area contributed by atoms with Crippen LogP contribution in [0.4, 0.5) is 5.95 Å². The molecule has 0 unspecified atom stereocenters. The van der Waals surface area contributed by atoms with Gasteiger partial charge in [-0.3, -0.25) is 0 Å². The van der Waals surface area contributed by atoms with E-state index in [9.17, 15) is 0 Å². The lowest BCUT2D eigenvalue weighted by Crippen LogP contribution is -1.97. The van der Waals surface area contributed by atoms with Gasteiger partial charge in [0.15, 0.2) is 11.5 Å². The van der Waals surface area contributed by atoms with E-state index in [1.165, 1.54) is 4.68 Å². The topological polar surface area (TPSA) is 83.9 Å². The Morgan fingerprint density at radius 1 is 1.45 bits per heavy atom. The highest BCUT2D eigenvalue weighted by Crippen LogP contribution is 2.41. The van der Waals surface area contributed by atoms with Crippen LogP contribution in [0.3, 0.4) is 0 Å². The predicted molar refractivity (Wildman–Crippen MR) is 73.5 cm³/mol. The summed E-state index contributed by atoms with van der Waals surface area (Å²) in [5.41, 5.74) is 7.35. The maximum absolute atomic E-state index is 5.72. The Kier molecular flexibility index (Phi) is 2.94. The molecule has 7 nitrogen and oxygen atoms in total. The van der Waals surface area contributed by atoms with E-state index in [4.69, 9.17) is 19.9 Å². The van der Waals surface area contributed by atoms with Gasteiger partial charge in [0.05, 0.1) is 25.2 Å². The van der Waals surface area contributed by atoms with E-state index in [1.807, 2.05) is 19.1 Å². The number of fused-ring (bicyclic) bond motifs is 1. The van der Waals surface area contributed by atoms with Crippen LogP contribution in [-0.4, -0.2) is 29.8 Å². The van der Waals surface area contributed by atoms with Crippen LogP contribution in [-0.2, 0) is 0 Å². The van der Waals surface area contributed by atoms with Gasteiger partial charge in [-0.2, -0.15) is 5.10 Å². The summed E-state index contributed by atoms with van der Waals surface area (Å²) in [7, 11) is 1.58. The number of ether oxygens (including phenoxy) is 3. The van der Waals surface area contributed by atoms with Gasteiger partial charge < -0.3 is 19.9 Å². The van der Waals surface area contributed by atoms with Crippen molar-refractivity contribution in [1.29, 1.82) is 0 Å². The van der Waals surface area contributed by atoms with Crippen molar-refractivity contribution in [2.24, 2.45) is 5.10 Å². The van der Waals surface area contributed by atoms with Crippen LogP contribution in [0.1, 0.15) is 11.3 Å². The molecule has 0 radical (unpaired) electrons. The van der Waals surface area contributed by atoms with Crippen molar-refractivity contribution in [2.45, 2.75) is 6.92 Å². The van der Waals surface area contributed by atoms with Gasteiger partial charge >= 0.3 is 0 Å². The molecule has 0 saturated carbocycles. The predicted octanol–water partition coefficient (Wildman–Crippen LogP) is 1.39. The van der Waals surface area contributed by atoms with Crippen molar-refractivity contribution in [3.05, 3.63) is 29.6 Å². The molecule has 0 spiro atoms. The standard InChI is InChI=1S/C13H14N4O3/c1-8-6-17(13(14)16-8)15-5-9-3-10(18-2)12-11(4-9)19-7-20-12/h3-6H,7H2,1-2H3,(H2,14,16). The normalized spacial score (nSPS) is 13.1. The van der Waals surface area contributed by atoms with Crippen molar-refractivity contribution >= 4 is 12.2 Å². The number of hydrogen-bond donors (Lipinski definition) is 1. The van der Waals surface area contributed by atoms with Crippen molar-refractivity contribution in [1.82, 2.24) is 9.66 Å². The third-order valence-electron chi connectivity index (χ3n) is 2.85. The number of nitrogen functional groups attached to an aromatic ring is 1. The summed E-state index contributed by atoms with van der Waals surface area (Å²) < 4.78 is 17.5. The molecule has 0 atom stereocenters. The molecule has 104 valence electrons. The number of benzene rings is 1. The van der Waals surface area contributed by atoms with Gasteiger partial charge in [-0.25, -0.2) is 9.66 Å². The van der Waals surface area contributed by atoms with Crippen LogP contribution in [0, 0.1) is 6.92 Å². The molecule has 1 aromatic heterocycles. The smallest absolute Gasteiger partial charge is 0.231 e. The molecule has 0 fully saturated rings. The highest BCUT2D eigenvalue weighted by Gasteiger charge is 2.19. The molecule has 0 saturated heterocycles. The Labute approximate surface area is 115 Å². The molecule has 2 heterocycles. The van der Waals surface area contributed by atoms with Crippen LogP contribution in [0.5, 0.6) is 17.2 Å². The van der Waals surface area contributed by atoms with E-state index in [-0.39, 0.29) is 6.79 Å². The fourth-order valence-corrected chi connectivity index (χ4v) is 1.95. The summed E-state index contributed by atoms with van der Waals surface area (Å²) in [6.07, 6.45) is 3.40. The molecule has 0 bridgehead atoms. The minimum Gasteiger partial charge on any atom is -0.493 e. The summed E-state index contributed by atoms with van der Waals surface area (Å²) >= 11 is 0. The molecule has 1 aliphatic rings. The number of anilines is 1. The van der Waals surface area contributed by atoms with E-state index in [0.29, 0.717) is 23.2 Å². The van der Waals surface area contributed by atoms with Crippen LogP contribution >= 0.6 is 0 Å². The second-order valence-electron chi connectivity index (χ2n) is 4.29. The lowest BCUT2D eigenvalue weighted by atomic mass is 10.2. The van der Waals surface area contributed by atoms with Crippen molar-refractivity contribution in [3.8, 4) is 17.2 Å². The van der Waals surface area contributed by atoms with E-state index in [2.05, 4.69) is 10.1 Å². The molecule has 2 aromatic rings. The highest BCUT2D eigenvalue weighted by atomic mass is 16.7. The first-order chi connectivity index (χ1) is 9.67. The van der Waals surface area contributed by atoms with Gasteiger partial charge in [0.2, 0.25) is 18.5 Å². The van der Waals surface area contributed by atoms with Gasteiger partial charge in [-0.05, 0) is 19.1 Å². The lowest BCUT2D eigenvalue weighted by Gasteiger charge is -2.05. The summed E-state index contributed by atoms with van der Waals surface area (Å²) in [6.45, 7) is 2.05. The van der Waals surface area contributed by atoms with E-state index < -0.39 is 0 Å². The van der Waals surface area contributed by atoms with E-state index >= 15 is 0 Å². The first-order valence-electron chi connectivity index (χ1n) is 6.01. The maximum Gasteiger partial charge on any atom is 0.231 e. The van der Waals surface area contributed by atoms with Crippen molar-refractivity contribution in [3.63, 3.8) is 0 Å². The van der Waals surface area contributed by atoms with E-state index in [1.54, 1.807) is 19.5 Å². The zero-order valence-electron chi connectivity index (χ0n) is 11.2. The first kappa shape index (κ1) is 12.3. The number of hydrogen-bond acceptors (Lipinski definition) is 6. The SMILES string of the molecule is COc1cc(C=Nn2cc(C)nc2N)cc2c1OCO2. The average molecular weight is 274 g/mol. The summed E-state index contributed by atoms with van der Waals surface area (Å²) in [5.74, 6) is 2.20. The molecular weight excluding hydrogens is 260 g/mol. The number of methoxy groups -OCH3 is 1. The summed E-state index contributed by atoms with van der Waals surface area (Å²) in [5, 5.41) is 4.25. The summed E-state index contributed by atoms with van der Waals surface area (Å²) in [6, 6.07) is 3.64. The molecule has 2 N–H and O–H groups in total. The van der Waals surface area contributed by atoms with Crippen molar-refractivity contribution in [2.75, 3.05) is 19.6 Å². The molecule has 1 aromatic carbocycles. The first-order valence-corrected chi connectivity index (χ1v) is 6.01. The van der Waals surface area contributed by atoms with Gasteiger partial charge in [0.1, 0.15) is 0 Å². The second kappa shape index (κ2) is 4.76. The molecule has 7 heteroatoms. The Morgan fingerprint density at radius 2 is 2.30 bits per heavy atom. The minimum absolute atomic E-state index is 0.194. The second-order valence-corrected chi connectivity index (χ2v) is 4.29.